The summed E-state index contributed by atoms with van der Waals surface area (Å²) in [5.41, 5.74) is 3.39. The number of carbonyl (C=O) groups excluding carboxylic acids is 1. The first-order valence-electron chi connectivity index (χ1n) is 9.21. The van der Waals surface area contributed by atoms with Gasteiger partial charge in [0.1, 0.15) is 6.54 Å². The molecular weight excluding hydrogens is 340 g/mol. The normalized spacial score (nSPS) is 13.9. The number of rotatable bonds is 4. The Morgan fingerprint density at radius 3 is 2.70 bits per heavy atom. The van der Waals surface area contributed by atoms with Crippen LogP contribution in [-0.4, -0.2) is 28.5 Å². The van der Waals surface area contributed by atoms with Gasteiger partial charge in [0.25, 0.3) is 5.56 Å². The van der Waals surface area contributed by atoms with Crippen LogP contribution in [0, 0.1) is 6.92 Å². The van der Waals surface area contributed by atoms with E-state index in [1.54, 1.807) is 18.2 Å². The topological polar surface area (TPSA) is 67.2 Å². The van der Waals surface area contributed by atoms with E-state index in [0.29, 0.717) is 10.9 Å². The fourth-order valence-corrected chi connectivity index (χ4v) is 3.52. The molecule has 1 aromatic heterocycles. The minimum Gasteiger partial charge on any atom is -0.372 e. The first kappa shape index (κ1) is 17.3. The summed E-state index contributed by atoms with van der Waals surface area (Å²) in [6, 6.07) is 13.2. The monoisotopic (exact) mass is 362 g/mol. The molecule has 27 heavy (non-hydrogen) atoms. The van der Waals surface area contributed by atoms with Crippen molar-refractivity contribution in [2.45, 2.75) is 26.3 Å². The maximum Gasteiger partial charge on any atom is 0.261 e. The minimum absolute atomic E-state index is 0.0655. The Morgan fingerprint density at radius 1 is 1.15 bits per heavy atom. The van der Waals surface area contributed by atoms with E-state index in [-0.39, 0.29) is 18.0 Å². The second-order valence-corrected chi connectivity index (χ2v) is 6.94. The number of aromatic nitrogens is 2. The van der Waals surface area contributed by atoms with Gasteiger partial charge in [-0.25, -0.2) is 4.98 Å². The molecule has 1 N–H and O–H groups in total. The fraction of sp³-hybridized carbons (Fsp3) is 0.286. The summed E-state index contributed by atoms with van der Waals surface area (Å²) >= 11 is 0. The minimum atomic E-state index is -0.244. The van der Waals surface area contributed by atoms with Gasteiger partial charge in [-0.05, 0) is 55.7 Å². The number of hydrogen-bond acceptors (Lipinski definition) is 4. The van der Waals surface area contributed by atoms with Gasteiger partial charge in [-0.1, -0.05) is 12.1 Å². The van der Waals surface area contributed by atoms with Gasteiger partial charge in [0, 0.05) is 24.5 Å². The van der Waals surface area contributed by atoms with Crippen LogP contribution in [0.3, 0.4) is 0 Å². The third-order valence-corrected chi connectivity index (χ3v) is 5.00. The van der Waals surface area contributed by atoms with Crippen LogP contribution >= 0.6 is 0 Å². The van der Waals surface area contributed by atoms with Crippen LogP contribution in [-0.2, 0) is 11.3 Å². The van der Waals surface area contributed by atoms with Crippen LogP contribution in [0.4, 0.5) is 11.4 Å². The number of hydrogen-bond donors (Lipinski definition) is 1. The zero-order valence-corrected chi connectivity index (χ0v) is 15.3. The van der Waals surface area contributed by atoms with Crippen molar-refractivity contribution < 1.29 is 4.79 Å². The van der Waals surface area contributed by atoms with E-state index in [0.717, 1.165) is 24.3 Å². The number of nitrogens with one attached hydrogen (secondary N) is 1. The lowest BCUT2D eigenvalue weighted by Crippen LogP contribution is -2.28. The molecule has 0 spiro atoms. The van der Waals surface area contributed by atoms with E-state index < -0.39 is 0 Å². The Kier molecular flexibility index (Phi) is 4.62. The smallest absolute Gasteiger partial charge is 0.261 e. The molecule has 2 heterocycles. The molecule has 6 nitrogen and oxygen atoms in total. The predicted octanol–water partition coefficient (Wildman–Crippen LogP) is 2.94. The molecule has 1 saturated heterocycles. The quantitative estimate of drug-likeness (QED) is 0.775. The maximum absolute atomic E-state index is 12.5. The molecule has 3 aromatic rings. The van der Waals surface area contributed by atoms with Crippen LogP contribution in [0.5, 0.6) is 0 Å². The van der Waals surface area contributed by atoms with E-state index in [1.807, 2.05) is 25.1 Å². The van der Waals surface area contributed by atoms with Crippen LogP contribution in [0.2, 0.25) is 0 Å². The zero-order valence-electron chi connectivity index (χ0n) is 15.3. The van der Waals surface area contributed by atoms with Crippen LogP contribution in [0.1, 0.15) is 18.4 Å². The lowest BCUT2D eigenvalue weighted by Gasteiger charge is -2.19. The van der Waals surface area contributed by atoms with E-state index in [4.69, 9.17) is 0 Å². The van der Waals surface area contributed by atoms with Crippen molar-refractivity contribution >= 4 is 28.2 Å². The number of aryl methyl sites for hydroxylation is 1. The molecule has 2 aromatic carbocycles. The number of para-hydroxylation sites is 1. The molecule has 4 rings (SSSR count). The Morgan fingerprint density at radius 2 is 1.93 bits per heavy atom. The summed E-state index contributed by atoms with van der Waals surface area (Å²) in [7, 11) is 0. The molecule has 138 valence electrons. The average Bonchev–Trinajstić information content (AvgIpc) is 3.21. The lowest BCUT2D eigenvalue weighted by molar-refractivity contribution is -0.116. The van der Waals surface area contributed by atoms with Gasteiger partial charge in [0.05, 0.1) is 17.2 Å². The summed E-state index contributed by atoms with van der Waals surface area (Å²) in [6.45, 7) is 4.09. The Balaban J connectivity index is 1.49. The molecule has 0 bridgehead atoms. The summed E-state index contributed by atoms with van der Waals surface area (Å²) in [4.78, 5) is 31.6. The molecule has 1 amide bonds. The highest BCUT2D eigenvalue weighted by molar-refractivity contribution is 5.91. The maximum atomic E-state index is 12.5. The highest BCUT2D eigenvalue weighted by atomic mass is 16.2. The molecule has 1 aliphatic rings. The highest BCUT2D eigenvalue weighted by Gasteiger charge is 2.14. The Labute approximate surface area is 157 Å². The van der Waals surface area contributed by atoms with E-state index in [2.05, 4.69) is 21.3 Å². The second-order valence-electron chi connectivity index (χ2n) is 6.94. The van der Waals surface area contributed by atoms with Gasteiger partial charge in [-0.15, -0.1) is 0 Å². The van der Waals surface area contributed by atoms with Crippen LogP contribution < -0.4 is 15.8 Å². The number of nitrogens with zero attached hydrogens (tertiary/aromatic N) is 3. The van der Waals surface area contributed by atoms with E-state index in [9.17, 15) is 9.59 Å². The molecule has 0 saturated carbocycles. The number of amides is 1. The summed E-state index contributed by atoms with van der Waals surface area (Å²) in [6.07, 6.45) is 3.88. The predicted molar refractivity (Wildman–Crippen MR) is 107 cm³/mol. The molecule has 0 unspecified atom stereocenters. The molecule has 0 radical (unpaired) electrons. The SMILES string of the molecule is Cc1cc(N2CCCC2)ccc1NC(=O)Cn1cnc2ccccc2c1=O. The summed E-state index contributed by atoms with van der Waals surface area (Å²) < 4.78 is 1.34. The Bertz CT molecular complexity index is 1050. The third kappa shape index (κ3) is 3.56. The van der Waals surface area contributed by atoms with Gasteiger partial charge < -0.3 is 10.2 Å². The molecule has 0 aliphatic carbocycles. The third-order valence-electron chi connectivity index (χ3n) is 5.00. The number of fused-ring (bicyclic) bond motifs is 1. The van der Waals surface area contributed by atoms with Crippen molar-refractivity contribution in [3.05, 3.63) is 64.7 Å². The summed E-state index contributed by atoms with van der Waals surface area (Å²) in [5.74, 6) is -0.244. The highest BCUT2D eigenvalue weighted by Crippen LogP contribution is 2.25. The van der Waals surface area contributed by atoms with Crippen molar-refractivity contribution in [1.82, 2.24) is 9.55 Å². The van der Waals surface area contributed by atoms with Crippen LogP contribution in [0.25, 0.3) is 10.9 Å². The van der Waals surface area contributed by atoms with Crippen molar-refractivity contribution in [3.63, 3.8) is 0 Å². The standard InChI is InChI=1S/C21H22N4O2/c1-15-12-16(24-10-4-5-11-24)8-9-18(15)23-20(26)13-25-14-22-19-7-3-2-6-17(19)21(25)27/h2-3,6-9,12,14H,4-5,10-11,13H2,1H3,(H,23,26). The van der Waals surface area contributed by atoms with Crippen molar-refractivity contribution in [1.29, 1.82) is 0 Å². The van der Waals surface area contributed by atoms with Gasteiger partial charge in [-0.2, -0.15) is 0 Å². The van der Waals surface area contributed by atoms with Gasteiger partial charge in [0.2, 0.25) is 5.91 Å². The van der Waals surface area contributed by atoms with Crippen molar-refractivity contribution in [2.75, 3.05) is 23.3 Å². The van der Waals surface area contributed by atoms with Gasteiger partial charge in [0.15, 0.2) is 0 Å². The molecular formula is C21H22N4O2. The van der Waals surface area contributed by atoms with Gasteiger partial charge in [-0.3, -0.25) is 14.2 Å². The van der Waals surface area contributed by atoms with Gasteiger partial charge >= 0.3 is 0 Å². The lowest BCUT2D eigenvalue weighted by atomic mass is 10.1. The van der Waals surface area contributed by atoms with E-state index in [1.165, 1.54) is 29.4 Å². The molecule has 6 heteroatoms. The first-order valence-corrected chi connectivity index (χ1v) is 9.21. The number of benzene rings is 2. The fourth-order valence-electron chi connectivity index (χ4n) is 3.52. The van der Waals surface area contributed by atoms with Crippen LogP contribution in [0.15, 0.2) is 53.6 Å². The van der Waals surface area contributed by atoms with E-state index >= 15 is 0 Å². The molecule has 1 fully saturated rings. The average molecular weight is 362 g/mol. The van der Waals surface area contributed by atoms with Crippen molar-refractivity contribution in [2.24, 2.45) is 0 Å². The molecule has 1 aliphatic heterocycles. The van der Waals surface area contributed by atoms with Crippen molar-refractivity contribution in [3.8, 4) is 0 Å². The summed E-state index contributed by atoms with van der Waals surface area (Å²) in [5, 5.41) is 3.42. The second kappa shape index (κ2) is 7.23. The number of anilines is 2. The zero-order chi connectivity index (χ0) is 18.8. The largest absolute Gasteiger partial charge is 0.372 e. The Hall–Kier alpha value is -3.15. The first-order chi connectivity index (χ1) is 13.1. The molecule has 0 atom stereocenters. The number of carbonyl (C=O) groups is 1.